The van der Waals surface area contributed by atoms with Gasteiger partial charge in [-0.2, -0.15) is 0 Å². The van der Waals surface area contributed by atoms with E-state index >= 15 is 0 Å². The van der Waals surface area contributed by atoms with E-state index in [1.807, 2.05) is 0 Å². The molecule has 2 heterocycles. The zero-order chi connectivity index (χ0) is 11.8. The van der Waals surface area contributed by atoms with Gasteiger partial charge in [0, 0.05) is 18.8 Å². The number of hydrogen-bond acceptors (Lipinski definition) is 2. The molecule has 2 N–H and O–H groups in total. The van der Waals surface area contributed by atoms with Crippen molar-refractivity contribution in [3.63, 3.8) is 0 Å². The van der Waals surface area contributed by atoms with Crippen LogP contribution < -0.4 is 10.6 Å². The summed E-state index contributed by atoms with van der Waals surface area (Å²) in [6.45, 7) is 3.27. The Morgan fingerprint density at radius 2 is 1.82 bits per heavy atom. The van der Waals surface area contributed by atoms with Gasteiger partial charge < -0.3 is 10.6 Å². The van der Waals surface area contributed by atoms with Crippen molar-refractivity contribution in [2.45, 2.75) is 38.5 Å². The first kappa shape index (κ1) is 12.4. The first-order valence-electron chi connectivity index (χ1n) is 6.96. The lowest BCUT2D eigenvalue weighted by molar-refractivity contribution is 0.596. The van der Waals surface area contributed by atoms with Gasteiger partial charge in [0.05, 0.1) is 0 Å². The number of nitrogens with one attached hydrogen (secondary N) is 2. The molecule has 0 saturated heterocycles. The van der Waals surface area contributed by atoms with E-state index in [9.17, 15) is 0 Å². The molecule has 17 heavy (non-hydrogen) atoms. The molecular formula is C15H24N2. The van der Waals surface area contributed by atoms with E-state index in [0.717, 1.165) is 19.6 Å². The molecule has 2 aliphatic rings. The van der Waals surface area contributed by atoms with E-state index in [-0.39, 0.29) is 0 Å². The highest BCUT2D eigenvalue weighted by Crippen LogP contribution is 2.21. The minimum Gasteiger partial charge on any atom is -0.385 e. The van der Waals surface area contributed by atoms with Gasteiger partial charge in [0.25, 0.3) is 0 Å². The van der Waals surface area contributed by atoms with Gasteiger partial charge in [0.2, 0.25) is 0 Å². The average molecular weight is 232 g/mol. The van der Waals surface area contributed by atoms with Crippen molar-refractivity contribution < 1.29 is 0 Å². The van der Waals surface area contributed by atoms with Gasteiger partial charge in [0.1, 0.15) is 0 Å². The Kier molecular flexibility index (Phi) is 5.37. The molecular weight excluding hydrogens is 208 g/mol. The van der Waals surface area contributed by atoms with Crippen molar-refractivity contribution in [1.29, 1.82) is 0 Å². The molecule has 2 aliphatic heterocycles. The van der Waals surface area contributed by atoms with Crippen LogP contribution in [0.1, 0.15) is 38.5 Å². The Balaban J connectivity index is 2.03. The average Bonchev–Trinajstić information content (AvgIpc) is 2.38. The van der Waals surface area contributed by atoms with Gasteiger partial charge in [0.15, 0.2) is 0 Å². The predicted molar refractivity (Wildman–Crippen MR) is 73.9 cm³/mol. The molecule has 0 saturated carbocycles. The van der Waals surface area contributed by atoms with Gasteiger partial charge in [-0.25, -0.2) is 0 Å². The Labute approximate surface area is 105 Å². The first-order chi connectivity index (χ1) is 8.47. The second-order valence-corrected chi connectivity index (χ2v) is 4.85. The lowest BCUT2D eigenvalue weighted by Crippen LogP contribution is -2.20. The highest BCUT2D eigenvalue weighted by molar-refractivity contribution is 5.28. The molecule has 2 rings (SSSR count). The summed E-state index contributed by atoms with van der Waals surface area (Å²) in [7, 11) is 0. The van der Waals surface area contributed by atoms with Crippen molar-refractivity contribution in [2.24, 2.45) is 0 Å². The van der Waals surface area contributed by atoms with Gasteiger partial charge in [-0.15, -0.1) is 0 Å². The normalized spacial score (nSPS) is 26.8. The van der Waals surface area contributed by atoms with Crippen LogP contribution in [0.3, 0.4) is 0 Å². The third-order valence-corrected chi connectivity index (χ3v) is 3.46. The van der Waals surface area contributed by atoms with E-state index in [1.54, 1.807) is 5.57 Å². The molecule has 0 amide bonds. The SMILES string of the molecule is C1=C\CNCCCCCC2=C(/C=C/1)NCCC2. The minimum atomic E-state index is 0.990. The molecule has 0 bridgehead atoms. The van der Waals surface area contributed by atoms with Crippen molar-refractivity contribution in [1.82, 2.24) is 10.6 Å². The topological polar surface area (TPSA) is 24.1 Å². The molecule has 94 valence electrons. The predicted octanol–water partition coefficient (Wildman–Crippen LogP) is 2.90. The third-order valence-electron chi connectivity index (χ3n) is 3.46. The largest absolute Gasteiger partial charge is 0.385 e. The molecule has 0 fully saturated rings. The molecule has 0 aliphatic carbocycles. The van der Waals surface area contributed by atoms with Crippen molar-refractivity contribution in [3.05, 3.63) is 35.6 Å². The molecule has 0 aromatic carbocycles. The van der Waals surface area contributed by atoms with Crippen molar-refractivity contribution in [3.8, 4) is 0 Å². The smallest absolute Gasteiger partial charge is 0.0332 e. The highest BCUT2D eigenvalue weighted by Gasteiger charge is 2.09. The van der Waals surface area contributed by atoms with Crippen LogP contribution in [-0.2, 0) is 0 Å². The van der Waals surface area contributed by atoms with Crippen LogP contribution in [0.4, 0.5) is 0 Å². The molecule has 0 spiro atoms. The van der Waals surface area contributed by atoms with Crippen molar-refractivity contribution >= 4 is 0 Å². The molecule has 0 atom stereocenters. The van der Waals surface area contributed by atoms with Crippen LogP contribution in [0, 0.1) is 0 Å². The van der Waals surface area contributed by atoms with Gasteiger partial charge in [-0.3, -0.25) is 0 Å². The lowest BCUT2D eigenvalue weighted by Gasteiger charge is -2.20. The summed E-state index contributed by atoms with van der Waals surface area (Å²) < 4.78 is 0. The van der Waals surface area contributed by atoms with Crippen LogP contribution >= 0.6 is 0 Å². The highest BCUT2D eigenvalue weighted by atomic mass is 14.9. The van der Waals surface area contributed by atoms with E-state index in [2.05, 4.69) is 34.9 Å². The quantitative estimate of drug-likeness (QED) is 0.671. The van der Waals surface area contributed by atoms with Crippen LogP contribution in [0.25, 0.3) is 0 Å². The van der Waals surface area contributed by atoms with Gasteiger partial charge in [-0.05, 0) is 50.3 Å². The molecule has 0 radical (unpaired) electrons. The second kappa shape index (κ2) is 7.33. The summed E-state index contributed by atoms with van der Waals surface area (Å²) in [5.74, 6) is 0. The third kappa shape index (κ3) is 4.39. The fourth-order valence-electron chi connectivity index (χ4n) is 2.47. The number of allylic oxidation sites excluding steroid dienone is 4. The Morgan fingerprint density at radius 3 is 2.82 bits per heavy atom. The van der Waals surface area contributed by atoms with Crippen LogP contribution in [0.5, 0.6) is 0 Å². The number of hydrogen-bond donors (Lipinski definition) is 2. The Bertz CT molecular complexity index is 313. The van der Waals surface area contributed by atoms with Gasteiger partial charge in [-0.1, -0.05) is 24.6 Å². The van der Waals surface area contributed by atoms with E-state index in [1.165, 1.54) is 44.2 Å². The second-order valence-electron chi connectivity index (χ2n) is 4.85. The summed E-state index contributed by atoms with van der Waals surface area (Å²) in [6.07, 6.45) is 16.6. The van der Waals surface area contributed by atoms with E-state index in [4.69, 9.17) is 0 Å². The zero-order valence-electron chi connectivity index (χ0n) is 10.7. The minimum absolute atomic E-state index is 0.990. The molecule has 0 aromatic rings. The maximum Gasteiger partial charge on any atom is 0.0332 e. The lowest BCUT2D eigenvalue weighted by atomic mass is 9.97. The van der Waals surface area contributed by atoms with Crippen LogP contribution in [-0.4, -0.2) is 19.6 Å². The molecule has 0 unspecified atom stereocenters. The standard InChI is InChI=1S/C15H24N2/c1-3-8-14-9-7-13-17-15(14)10-4-2-6-12-16-11-5-1/h2,4,6,10,16-17H,1,3,5,7-9,11-13H2/b6-2-,10-4+. The van der Waals surface area contributed by atoms with Gasteiger partial charge >= 0.3 is 0 Å². The Hall–Kier alpha value is -1.02. The van der Waals surface area contributed by atoms with Crippen molar-refractivity contribution in [2.75, 3.05) is 19.6 Å². The van der Waals surface area contributed by atoms with E-state index < -0.39 is 0 Å². The van der Waals surface area contributed by atoms with Crippen LogP contribution in [0.2, 0.25) is 0 Å². The Morgan fingerprint density at radius 1 is 0.882 bits per heavy atom. The van der Waals surface area contributed by atoms with Crippen LogP contribution in [0.15, 0.2) is 35.6 Å². The van der Waals surface area contributed by atoms with E-state index in [0.29, 0.717) is 0 Å². The molecule has 0 aromatic heterocycles. The fraction of sp³-hybridized carbons (Fsp3) is 0.600. The zero-order valence-corrected chi connectivity index (χ0v) is 10.7. The maximum atomic E-state index is 3.53. The summed E-state index contributed by atoms with van der Waals surface area (Å²) in [5.41, 5.74) is 3.02. The maximum absolute atomic E-state index is 3.53. The first-order valence-corrected chi connectivity index (χ1v) is 6.96. The summed E-state index contributed by atoms with van der Waals surface area (Å²) >= 11 is 0. The summed E-state index contributed by atoms with van der Waals surface area (Å²) in [4.78, 5) is 0. The molecule has 2 heteroatoms. The summed E-state index contributed by atoms with van der Waals surface area (Å²) in [6, 6.07) is 0. The molecule has 2 nitrogen and oxygen atoms in total. The fourth-order valence-corrected chi connectivity index (χ4v) is 2.47. The monoisotopic (exact) mass is 232 g/mol. The summed E-state index contributed by atoms with van der Waals surface area (Å²) in [5, 5.41) is 6.97. The number of rotatable bonds is 0.